The molecule has 1 heterocycles. The van der Waals surface area contributed by atoms with Gasteiger partial charge in [-0.1, -0.05) is 41.9 Å². The van der Waals surface area contributed by atoms with Crippen molar-refractivity contribution in [2.45, 2.75) is 49.8 Å². The highest BCUT2D eigenvalue weighted by Crippen LogP contribution is 2.37. The molecule has 0 aromatic heterocycles. The summed E-state index contributed by atoms with van der Waals surface area (Å²) in [5.41, 5.74) is -0.0237. The van der Waals surface area contributed by atoms with Gasteiger partial charge in [-0.2, -0.15) is 0 Å². The average Bonchev–Trinajstić information content (AvgIpc) is 3.07. The van der Waals surface area contributed by atoms with Crippen LogP contribution in [0.1, 0.15) is 31.2 Å². The summed E-state index contributed by atoms with van der Waals surface area (Å²) >= 11 is 6.07. The number of hydrogen-bond acceptors (Lipinski definition) is 4. The first-order valence-electron chi connectivity index (χ1n) is 10.6. The second-order valence-corrected chi connectivity index (χ2v) is 10.9. The van der Waals surface area contributed by atoms with Gasteiger partial charge in [-0.05, 0) is 55.4 Å². The van der Waals surface area contributed by atoms with Crippen LogP contribution in [0.4, 0.5) is 4.39 Å². The summed E-state index contributed by atoms with van der Waals surface area (Å²) in [5, 5.41) is 11.1. The van der Waals surface area contributed by atoms with Crippen LogP contribution in [0, 0.1) is 5.82 Å². The summed E-state index contributed by atoms with van der Waals surface area (Å²) in [6.45, 7) is 0.300. The number of halogens is 2. The molecule has 1 saturated heterocycles. The highest BCUT2D eigenvalue weighted by Gasteiger charge is 2.49. The van der Waals surface area contributed by atoms with Crippen molar-refractivity contribution in [1.29, 1.82) is 0 Å². The van der Waals surface area contributed by atoms with Gasteiger partial charge in [0.15, 0.2) is 0 Å². The van der Waals surface area contributed by atoms with Gasteiger partial charge in [0.2, 0.25) is 10.0 Å². The second kappa shape index (κ2) is 8.74. The Morgan fingerprint density at radius 1 is 1.28 bits per heavy atom. The molecule has 0 radical (unpaired) electrons. The number of nitrogens with one attached hydrogen (secondary N) is 1. The molecule has 6 nitrogen and oxygen atoms in total. The molecule has 2 aromatic rings. The number of hydrogen-bond donors (Lipinski definition) is 2. The van der Waals surface area contributed by atoms with Crippen molar-refractivity contribution in [1.82, 2.24) is 9.62 Å². The van der Waals surface area contributed by atoms with Crippen LogP contribution in [-0.2, 0) is 21.2 Å². The van der Waals surface area contributed by atoms with E-state index in [9.17, 15) is 18.3 Å². The molecule has 2 aliphatic rings. The van der Waals surface area contributed by atoms with Crippen molar-refractivity contribution in [3.63, 3.8) is 0 Å². The normalized spacial score (nSPS) is 22.6. The van der Waals surface area contributed by atoms with Crippen molar-refractivity contribution >= 4 is 27.5 Å². The minimum Gasteiger partial charge on any atom is -0.380 e. The molecule has 4 rings (SSSR count). The third kappa shape index (κ3) is 4.69. The van der Waals surface area contributed by atoms with Gasteiger partial charge < -0.3 is 10.0 Å². The summed E-state index contributed by atoms with van der Waals surface area (Å²) in [7, 11) is -3.53. The molecule has 0 unspecified atom stereocenters. The number of sulfonamides is 1. The van der Waals surface area contributed by atoms with Crippen molar-refractivity contribution < 1.29 is 22.7 Å². The van der Waals surface area contributed by atoms with Gasteiger partial charge >= 0.3 is 0 Å². The summed E-state index contributed by atoms with van der Waals surface area (Å²) in [6, 6.07) is 10.8. The molecule has 2 fully saturated rings. The Hall–Kier alpha value is -2.00. The number of amides is 1. The fourth-order valence-electron chi connectivity index (χ4n) is 4.61. The first kappa shape index (κ1) is 23.2. The quantitative estimate of drug-likeness (QED) is 0.665. The van der Waals surface area contributed by atoms with Gasteiger partial charge in [-0.3, -0.25) is 4.79 Å². The van der Waals surface area contributed by atoms with Crippen LogP contribution in [0.5, 0.6) is 0 Å². The van der Waals surface area contributed by atoms with Gasteiger partial charge in [0, 0.05) is 23.2 Å². The Morgan fingerprint density at radius 2 is 2.00 bits per heavy atom. The smallest absolute Gasteiger partial charge is 0.254 e. The molecule has 1 amide bonds. The molecule has 2 aromatic carbocycles. The van der Waals surface area contributed by atoms with Gasteiger partial charge in [-0.25, -0.2) is 17.5 Å². The lowest BCUT2D eigenvalue weighted by molar-refractivity contribution is -0.161. The Kier molecular flexibility index (Phi) is 6.33. The Bertz CT molecular complexity index is 1140. The van der Waals surface area contributed by atoms with E-state index in [0.29, 0.717) is 47.5 Å². The first-order chi connectivity index (χ1) is 15.1. The molecule has 172 valence electrons. The minimum atomic E-state index is -3.53. The maximum Gasteiger partial charge on any atom is 0.254 e. The number of benzene rings is 2. The highest BCUT2D eigenvalue weighted by molar-refractivity contribution is 7.88. The number of rotatable bonds is 6. The van der Waals surface area contributed by atoms with E-state index < -0.39 is 39.4 Å². The van der Waals surface area contributed by atoms with Crippen molar-refractivity contribution in [2.75, 3.05) is 12.8 Å². The Morgan fingerprint density at radius 3 is 2.62 bits per heavy atom. The highest BCUT2D eigenvalue weighted by atomic mass is 35.5. The van der Waals surface area contributed by atoms with Crippen LogP contribution in [0.2, 0.25) is 5.02 Å². The van der Waals surface area contributed by atoms with Gasteiger partial charge in [0.1, 0.15) is 11.4 Å². The predicted molar refractivity (Wildman–Crippen MR) is 121 cm³/mol. The average molecular weight is 481 g/mol. The maximum atomic E-state index is 15.5. The van der Waals surface area contributed by atoms with E-state index in [1.165, 1.54) is 4.90 Å². The molecule has 1 aliphatic heterocycles. The van der Waals surface area contributed by atoms with Crippen LogP contribution in [0.25, 0.3) is 11.1 Å². The lowest BCUT2D eigenvalue weighted by Gasteiger charge is -2.40. The largest absolute Gasteiger partial charge is 0.380 e. The monoisotopic (exact) mass is 480 g/mol. The fourth-order valence-corrected chi connectivity index (χ4v) is 5.62. The number of likely N-dealkylation sites (tertiary alicyclic amines) is 1. The standard InChI is InChI=1S/C23H26ClFN2O4S/c1-32(30,31)26-19-9-12-27(22(28)23(29)10-4-11-23)20(19)14-16-6-3-8-18(21(16)25)15-5-2-7-17(24)13-15/h2-3,5-8,13,19-20,26,29H,4,9-12,14H2,1H3/t19-,20-/m0/s1. The molecule has 1 saturated carbocycles. The van der Waals surface area contributed by atoms with E-state index in [1.54, 1.807) is 42.5 Å². The number of carbonyl (C=O) groups is 1. The van der Waals surface area contributed by atoms with Crippen LogP contribution in [0.3, 0.4) is 0 Å². The summed E-state index contributed by atoms with van der Waals surface area (Å²) in [4.78, 5) is 14.6. The molecule has 9 heteroatoms. The SMILES string of the molecule is CS(=O)(=O)N[C@H]1CCN(C(=O)C2(O)CCC2)[C@H]1Cc1cccc(-c2cccc(Cl)c2)c1F. The van der Waals surface area contributed by atoms with Crippen LogP contribution < -0.4 is 4.72 Å². The van der Waals surface area contributed by atoms with Crippen LogP contribution >= 0.6 is 11.6 Å². The second-order valence-electron chi connectivity index (χ2n) is 8.73. The molecular weight excluding hydrogens is 455 g/mol. The topological polar surface area (TPSA) is 86.7 Å². The molecule has 0 spiro atoms. The molecule has 2 atom stereocenters. The van der Waals surface area contributed by atoms with Gasteiger partial charge in [-0.15, -0.1) is 0 Å². The van der Waals surface area contributed by atoms with Crippen LogP contribution in [0.15, 0.2) is 42.5 Å². The lowest BCUT2D eigenvalue weighted by Crippen LogP contribution is -2.57. The van der Waals surface area contributed by atoms with E-state index in [-0.39, 0.29) is 6.42 Å². The summed E-state index contributed by atoms with van der Waals surface area (Å²) in [6.07, 6.45) is 3.12. The third-order valence-electron chi connectivity index (χ3n) is 6.39. The van der Waals surface area contributed by atoms with E-state index in [1.807, 2.05) is 0 Å². The molecule has 32 heavy (non-hydrogen) atoms. The predicted octanol–water partition coefficient (Wildman–Crippen LogP) is 3.12. The summed E-state index contributed by atoms with van der Waals surface area (Å²) < 4.78 is 41.9. The van der Waals surface area contributed by atoms with E-state index in [0.717, 1.165) is 12.7 Å². The molecule has 1 aliphatic carbocycles. The van der Waals surface area contributed by atoms with Gasteiger partial charge in [0.05, 0.1) is 12.3 Å². The summed E-state index contributed by atoms with van der Waals surface area (Å²) in [5.74, 6) is -0.840. The zero-order valence-corrected chi connectivity index (χ0v) is 19.3. The van der Waals surface area contributed by atoms with Crippen molar-refractivity contribution in [3.8, 4) is 11.1 Å². The van der Waals surface area contributed by atoms with E-state index in [4.69, 9.17) is 11.6 Å². The zero-order valence-electron chi connectivity index (χ0n) is 17.7. The van der Waals surface area contributed by atoms with Crippen molar-refractivity contribution in [2.24, 2.45) is 0 Å². The third-order valence-corrected chi connectivity index (χ3v) is 7.36. The van der Waals surface area contributed by atoms with Crippen LogP contribution in [-0.4, -0.2) is 54.8 Å². The van der Waals surface area contributed by atoms with E-state index in [2.05, 4.69) is 4.72 Å². The first-order valence-corrected chi connectivity index (χ1v) is 12.9. The number of nitrogens with zero attached hydrogens (tertiary/aromatic N) is 1. The number of aliphatic hydroxyl groups is 1. The Labute approximate surface area is 192 Å². The lowest BCUT2D eigenvalue weighted by atomic mass is 9.79. The number of carbonyl (C=O) groups excluding carboxylic acids is 1. The molecule has 2 N–H and O–H groups in total. The van der Waals surface area contributed by atoms with Crippen molar-refractivity contribution in [3.05, 3.63) is 58.9 Å². The zero-order chi connectivity index (χ0) is 23.1. The minimum absolute atomic E-state index is 0.120. The molecule has 0 bridgehead atoms. The van der Waals surface area contributed by atoms with E-state index >= 15 is 4.39 Å². The maximum absolute atomic E-state index is 15.5. The fraction of sp³-hybridized carbons (Fsp3) is 0.435. The van der Waals surface area contributed by atoms with Gasteiger partial charge in [0.25, 0.3) is 5.91 Å². The molecular formula is C23H26ClFN2O4S. The Balaban J connectivity index is 1.66.